The molecule has 0 aromatic carbocycles. The van der Waals surface area contributed by atoms with Crippen molar-refractivity contribution in [3.8, 4) is 0 Å². The van der Waals surface area contributed by atoms with Crippen LogP contribution in [0.2, 0.25) is 0 Å². The molecule has 1 unspecified atom stereocenters. The summed E-state index contributed by atoms with van der Waals surface area (Å²) in [5.41, 5.74) is 0.511. The Morgan fingerprint density at radius 2 is 1.64 bits per heavy atom. The zero-order valence-electron chi connectivity index (χ0n) is 11.2. The normalized spacial score (nSPS) is 12.7. The summed E-state index contributed by atoms with van der Waals surface area (Å²) in [6.07, 6.45) is 7.42. The van der Waals surface area contributed by atoms with Crippen LogP contribution in [0.5, 0.6) is 0 Å². The van der Waals surface area contributed by atoms with Gasteiger partial charge in [0.25, 0.3) is 0 Å². The monoisotopic (exact) mass is 198 g/mol. The van der Waals surface area contributed by atoms with Crippen LogP contribution in [0.15, 0.2) is 12.7 Å². The minimum absolute atomic E-state index is 0.511. The molecule has 86 valence electrons. The summed E-state index contributed by atoms with van der Waals surface area (Å²) >= 11 is 0. The maximum absolute atomic E-state index is 3.79. The van der Waals surface area contributed by atoms with Gasteiger partial charge in [-0.25, -0.2) is 0 Å². The van der Waals surface area contributed by atoms with Crippen LogP contribution >= 0.6 is 0 Å². The predicted octanol–water partition coefficient (Wildman–Crippen LogP) is 5.44. The van der Waals surface area contributed by atoms with Gasteiger partial charge in [-0.1, -0.05) is 60.5 Å². The average Bonchev–Trinajstić information content (AvgIpc) is 2.14. The van der Waals surface area contributed by atoms with Gasteiger partial charge in [0.2, 0.25) is 0 Å². The molecule has 0 saturated heterocycles. The third kappa shape index (κ3) is 14.3. The highest BCUT2D eigenvalue weighted by Gasteiger charge is 2.08. The zero-order valence-corrected chi connectivity index (χ0v) is 11.2. The summed E-state index contributed by atoms with van der Waals surface area (Å²) in [6, 6.07) is 0. The molecule has 0 radical (unpaired) electrons. The summed E-state index contributed by atoms with van der Waals surface area (Å²) in [4.78, 5) is 0. The lowest BCUT2D eigenvalue weighted by Gasteiger charge is -2.17. The Morgan fingerprint density at radius 1 is 1.14 bits per heavy atom. The minimum atomic E-state index is 0.511. The van der Waals surface area contributed by atoms with Gasteiger partial charge >= 0.3 is 0 Å². The molecule has 0 saturated carbocycles. The van der Waals surface area contributed by atoms with Gasteiger partial charge in [0.05, 0.1) is 0 Å². The number of hydrogen-bond acceptors (Lipinski definition) is 0. The van der Waals surface area contributed by atoms with E-state index >= 15 is 0 Å². The van der Waals surface area contributed by atoms with Crippen molar-refractivity contribution in [2.24, 2.45) is 11.3 Å². The lowest BCUT2D eigenvalue weighted by Crippen LogP contribution is -2.04. The summed E-state index contributed by atoms with van der Waals surface area (Å²) in [7, 11) is 0. The Kier molecular flexibility index (Phi) is 10.7. The van der Waals surface area contributed by atoms with Gasteiger partial charge in [-0.15, -0.1) is 6.58 Å². The van der Waals surface area contributed by atoms with Crippen LogP contribution in [0.4, 0.5) is 0 Å². The Hall–Kier alpha value is -0.260. The highest BCUT2D eigenvalue weighted by atomic mass is 14.1. The molecule has 14 heavy (non-hydrogen) atoms. The molecule has 0 N–H and O–H groups in total. The van der Waals surface area contributed by atoms with Gasteiger partial charge in [-0.05, 0) is 24.2 Å². The molecular weight excluding hydrogens is 168 g/mol. The van der Waals surface area contributed by atoms with Gasteiger partial charge < -0.3 is 0 Å². The van der Waals surface area contributed by atoms with Crippen molar-refractivity contribution >= 4 is 0 Å². The second kappa shape index (κ2) is 9.30. The van der Waals surface area contributed by atoms with Crippen molar-refractivity contribution in [3.63, 3.8) is 0 Å². The van der Waals surface area contributed by atoms with Crippen molar-refractivity contribution < 1.29 is 0 Å². The standard InChI is InChI=1S/C12H24.C2H6/c1-6-11(2)9-7-8-10-12(3,4)5;1-2/h6,11H,1,7-10H2,2-5H3;1-2H3. The van der Waals surface area contributed by atoms with E-state index in [-0.39, 0.29) is 0 Å². The molecule has 0 aromatic heterocycles. The smallest absolute Gasteiger partial charge is 0.0265 e. The van der Waals surface area contributed by atoms with Gasteiger partial charge in [0, 0.05) is 0 Å². The first-order chi connectivity index (χ1) is 6.45. The second-order valence-corrected chi connectivity index (χ2v) is 5.02. The Morgan fingerprint density at radius 3 is 2.00 bits per heavy atom. The Balaban J connectivity index is 0. The molecule has 0 aliphatic heterocycles. The van der Waals surface area contributed by atoms with E-state index in [1.165, 1.54) is 25.7 Å². The largest absolute Gasteiger partial charge is 0.103 e. The highest BCUT2D eigenvalue weighted by molar-refractivity contribution is 4.74. The quantitative estimate of drug-likeness (QED) is 0.407. The summed E-state index contributed by atoms with van der Waals surface area (Å²) in [6.45, 7) is 17.0. The van der Waals surface area contributed by atoms with Crippen LogP contribution in [-0.2, 0) is 0 Å². The summed E-state index contributed by atoms with van der Waals surface area (Å²) in [5, 5.41) is 0. The molecule has 0 aliphatic rings. The van der Waals surface area contributed by atoms with Crippen LogP contribution in [0, 0.1) is 11.3 Å². The van der Waals surface area contributed by atoms with E-state index in [0.29, 0.717) is 11.3 Å². The van der Waals surface area contributed by atoms with Gasteiger partial charge in [-0.2, -0.15) is 0 Å². The van der Waals surface area contributed by atoms with E-state index in [9.17, 15) is 0 Å². The highest BCUT2D eigenvalue weighted by Crippen LogP contribution is 2.22. The van der Waals surface area contributed by atoms with Gasteiger partial charge in [0.15, 0.2) is 0 Å². The van der Waals surface area contributed by atoms with E-state index in [1.54, 1.807) is 0 Å². The first-order valence-corrected chi connectivity index (χ1v) is 6.08. The van der Waals surface area contributed by atoms with Crippen LogP contribution in [0.3, 0.4) is 0 Å². The molecule has 0 heterocycles. The molecule has 0 aliphatic carbocycles. The van der Waals surface area contributed by atoms with Crippen molar-refractivity contribution in [1.29, 1.82) is 0 Å². The summed E-state index contributed by atoms with van der Waals surface area (Å²) in [5.74, 6) is 0.699. The Bertz CT molecular complexity index is 116. The van der Waals surface area contributed by atoms with Crippen molar-refractivity contribution in [2.45, 2.75) is 67.2 Å². The van der Waals surface area contributed by atoms with E-state index in [1.807, 2.05) is 13.8 Å². The van der Waals surface area contributed by atoms with Crippen molar-refractivity contribution in [2.75, 3.05) is 0 Å². The summed E-state index contributed by atoms with van der Waals surface area (Å²) < 4.78 is 0. The maximum Gasteiger partial charge on any atom is -0.0265 e. The van der Waals surface area contributed by atoms with Gasteiger partial charge in [-0.3, -0.25) is 0 Å². The van der Waals surface area contributed by atoms with Crippen LogP contribution in [0.1, 0.15) is 67.2 Å². The SMILES string of the molecule is C=CC(C)CCCCC(C)(C)C.CC. The van der Waals surface area contributed by atoms with Crippen molar-refractivity contribution in [3.05, 3.63) is 12.7 Å². The Labute approximate surface area is 91.8 Å². The predicted molar refractivity (Wildman–Crippen MR) is 68.6 cm³/mol. The second-order valence-electron chi connectivity index (χ2n) is 5.02. The molecule has 1 atom stereocenters. The fraction of sp³-hybridized carbons (Fsp3) is 0.857. The first-order valence-electron chi connectivity index (χ1n) is 6.08. The van der Waals surface area contributed by atoms with Crippen LogP contribution < -0.4 is 0 Å². The lowest BCUT2D eigenvalue weighted by atomic mass is 9.89. The zero-order chi connectivity index (χ0) is 11.6. The fourth-order valence-corrected chi connectivity index (χ4v) is 1.24. The van der Waals surface area contributed by atoms with E-state index in [2.05, 4.69) is 40.3 Å². The van der Waals surface area contributed by atoms with Crippen LogP contribution in [0.25, 0.3) is 0 Å². The first kappa shape index (κ1) is 16.2. The maximum atomic E-state index is 3.79. The number of unbranched alkanes of at least 4 members (excludes halogenated alkanes) is 1. The third-order valence-electron chi connectivity index (χ3n) is 2.24. The van der Waals surface area contributed by atoms with E-state index in [0.717, 1.165) is 0 Å². The molecule has 0 fully saturated rings. The molecule has 0 aromatic rings. The molecule has 0 rings (SSSR count). The fourth-order valence-electron chi connectivity index (χ4n) is 1.24. The minimum Gasteiger partial charge on any atom is -0.103 e. The molecule has 0 bridgehead atoms. The average molecular weight is 198 g/mol. The van der Waals surface area contributed by atoms with E-state index in [4.69, 9.17) is 0 Å². The van der Waals surface area contributed by atoms with E-state index < -0.39 is 0 Å². The van der Waals surface area contributed by atoms with Gasteiger partial charge in [0.1, 0.15) is 0 Å². The van der Waals surface area contributed by atoms with Crippen molar-refractivity contribution in [1.82, 2.24) is 0 Å². The lowest BCUT2D eigenvalue weighted by molar-refractivity contribution is 0.354. The molecule has 0 spiro atoms. The third-order valence-corrected chi connectivity index (χ3v) is 2.24. The molecule has 0 heteroatoms. The number of allylic oxidation sites excluding steroid dienone is 1. The molecular formula is C14H30. The number of rotatable bonds is 5. The van der Waals surface area contributed by atoms with Crippen LogP contribution in [-0.4, -0.2) is 0 Å². The molecule has 0 nitrogen and oxygen atoms in total. The topological polar surface area (TPSA) is 0 Å². The molecule has 0 amide bonds. The number of hydrogen-bond donors (Lipinski definition) is 0.